The molecule has 4 nitrogen and oxygen atoms in total. The highest BCUT2D eigenvalue weighted by Gasteiger charge is 2.16. The minimum Gasteiger partial charge on any atom is -0.508 e. The summed E-state index contributed by atoms with van der Waals surface area (Å²) >= 11 is 5.96. The fourth-order valence-electron chi connectivity index (χ4n) is 1.69. The Morgan fingerprint density at radius 3 is 2.84 bits per heavy atom. The molecule has 1 heterocycles. The Morgan fingerprint density at radius 1 is 1.37 bits per heavy atom. The molecule has 0 spiro atoms. The van der Waals surface area contributed by atoms with Crippen molar-refractivity contribution in [1.29, 1.82) is 0 Å². The Hall–Kier alpha value is -2.07. The minimum absolute atomic E-state index is 0.0130. The first-order valence-corrected chi connectivity index (χ1v) is 6.09. The highest BCUT2D eigenvalue weighted by Crippen LogP contribution is 2.22. The number of benzene rings is 1. The molecule has 0 bridgehead atoms. The summed E-state index contributed by atoms with van der Waals surface area (Å²) in [7, 11) is 1.66. The van der Waals surface area contributed by atoms with Crippen molar-refractivity contribution < 1.29 is 9.90 Å². The van der Waals surface area contributed by atoms with Crippen LogP contribution >= 0.6 is 11.6 Å². The van der Waals surface area contributed by atoms with Gasteiger partial charge in [0.25, 0.3) is 5.91 Å². The molecule has 1 aromatic heterocycles. The van der Waals surface area contributed by atoms with Crippen molar-refractivity contribution in [3.63, 3.8) is 0 Å². The highest BCUT2D eigenvalue weighted by atomic mass is 35.5. The normalized spacial score (nSPS) is 10.2. The van der Waals surface area contributed by atoms with E-state index in [0.29, 0.717) is 11.6 Å². The van der Waals surface area contributed by atoms with Gasteiger partial charge in [0.05, 0.1) is 22.8 Å². The molecule has 1 N–H and O–H groups in total. The molecule has 19 heavy (non-hydrogen) atoms. The van der Waals surface area contributed by atoms with Crippen LogP contribution in [0.3, 0.4) is 0 Å². The van der Waals surface area contributed by atoms with E-state index in [4.69, 9.17) is 11.6 Å². The van der Waals surface area contributed by atoms with Crippen LogP contribution in [0.2, 0.25) is 5.02 Å². The molecule has 98 valence electrons. The third kappa shape index (κ3) is 3.23. The second-order valence-corrected chi connectivity index (χ2v) is 4.55. The fourth-order valence-corrected chi connectivity index (χ4v) is 1.89. The summed E-state index contributed by atoms with van der Waals surface area (Å²) in [5.74, 6) is -0.245. The Bertz CT molecular complexity index is 587. The van der Waals surface area contributed by atoms with Gasteiger partial charge in [-0.3, -0.25) is 9.78 Å². The van der Waals surface area contributed by atoms with Gasteiger partial charge in [0, 0.05) is 13.2 Å². The zero-order valence-corrected chi connectivity index (χ0v) is 11.1. The molecule has 0 saturated heterocycles. The molecule has 0 aliphatic heterocycles. The first-order valence-electron chi connectivity index (χ1n) is 5.72. The summed E-state index contributed by atoms with van der Waals surface area (Å²) in [6.45, 7) is 0.381. The summed E-state index contributed by atoms with van der Waals surface area (Å²) in [6.07, 6.45) is 1.68. The fraction of sp³-hybridized carbons (Fsp3) is 0.143. The lowest BCUT2D eigenvalue weighted by Crippen LogP contribution is -2.26. The quantitative estimate of drug-likeness (QED) is 0.938. The van der Waals surface area contributed by atoms with Gasteiger partial charge in [0.2, 0.25) is 0 Å². The number of hydrogen-bond acceptors (Lipinski definition) is 3. The lowest BCUT2D eigenvalue weighted by atomic mass is 10.2. The SMILES string of the molecule is CN(Cc1ccccn1)C(=O)c1cc(O)ccc1Cl. The minimum atomic E-state index is -0.258. The number of nitrogens with zero attached hydrogens (tertiary/aromatic N) is 2. The van der Waals surface area contributed by atoms with Gasteiger partial charge >= 0.3 is 0 Å². The van der Waals surface area contributed by atoms with Crippen molar-refractivity contribution in [2.45, 2.75) is 6.54 Å². The Kier molecular flexibility index (Phi) is 4.02. The molecule has 0 saturated carbocycles. The highest BCUT2D eigenvalue weighted by molar-refractivity contribution is 6.33. The second kappa shape index (κ2) is 5.71. The topological polar surface area (TPSA) is 53.4 Å². The van der Waals surface area contributed by atoms with Gasteiger partial charge < -0.3 is 10.0 Å². The number of hydrogen-bond donors (Lipinski definition) is 1. The van der Waals surface area contributed by atoms with Crippen LogP contribution in [-0.4, -0.2) is 27.9 Å². The van der Waals surface area contributed by atoms with E-state index < -0.39 is 0 Å². The van der Waals surface area contributed by atoms with Gasteiger partial charge in [-0.2, -0.15) is 0 Å². The molecule has 1 aromatic carbocycles. The van der Waals surface area contributed by atoms with E-state index in [1.54, 1.807) is 13.2 Å². The third-order valence-corrected chi connectivity index (χ3v) is 2.98. The number of aromatic hydroxyl groups is 1. The van der Waals surface area contributed by atoms with E-state index >= 15 is 0 Å². The van der Waals surface area contributed by atoms with E-state index in [-0.39, 0.29) is 17.2 Å². The van der Waals surface area contributed by atoms with E-state index in [1.807, 2.05) is 18.2 Å². The molecular formula is C14H13ClN2O2. The summed E-state index contributed by atoms with van der Waals surface area (Å²) in [6, 6.07) is 9.82. The van der Waals surface area contributed by atoms with Crippen molar-refractivity contribution in [3.8, 4) is 5.75 Å². The van der Waals surface area contributed by atoms with E-state index in [2.05, 4.69) is 4.98 Å². The van der Waals surface area contributed by atoms with E-state index in [9.17, 15) is 9.90 Å². The second-order valence-electron chi connectivity index (χ2n) is 4.15. The molecule has 0 unspecified atom stereocenters. The number of carbonyl (C=O) groups excluding carboxylic acids is 1. The first kappa shape index (κ1) is 13.4. The number of rotatable bonds is 3. The average Bonchev–Trinajstić information content (AvgIpc) is 2.42. The average molecular weight is 277 g/mol. The van der Waals surface area contributed by atoms with Gasteiger partial charge in [-0.1, -0.05) is 17.7 Å². The van der Waals surface area contributed by atoms with Crippen LogP contribution < -0.4 is 0 Å². The predicted molar refractivity (Wildman–Crippen MR) is 73.2 cm³/mol. The Labute approximate surface area is 116 Å². The van der Waals surface area contributed by atoms with Gasteiger partial charge in [-0.05, 0) is 30.3 Å². The molecule has 2 aromatic rings. The molecule has 0 radical (unpaired) electrons. The maximum absolute atomic E-state index is 12.2. The van der Waals surface area contributed by atoms with E-state index in [1.165, 1.54) is 23.1 Å². The van der Waals surface area contributed by atoms with Gasteiger partial charge in [0.1, 0.15) is 5.75 Å². The van der Waals surface area contributed by atoms with Crippen LogP contribution in [0.15, 0.2) is 42.6 Å². The number of phenols is 1. The number of amides is 1. The monoisotopic (exact) mass is 276 g/mol. The smallest absolute Gasteiger partial charge is 0.255 e. The predicted octanol–water partition coefficient (Wildman–Crippen LogP) is 2.71. The van der Waals surface area contributed by atoms with E-state index in [0.717, 1.165) is 5.69 Å². The Balaban J connectivity index is 2.17. The molecule has 2 rings (SSSR count). The van der Waals surface area contributed by atoms with Crippen molar-refractivity contribution in [2.75, 3.05) is 7.05 Å². The number of halogens is 1. The van der Waals surface area contributed by atoms with Crippen molar-refractivity contribution in [2.24, 2.45) is 0 Å². The zero-order chi connectivity index (χ0) is 13.8. The number of pyridine rings is 1. The van der Waals surface area contributed by atoms with Crippen molar-refractivity contribution in [3.05, 3.63) is 58.9 Å². The Morgan fingerprint density at radius 2 is 2.16 bits per heavy atom. The van der Waals surface area contributed by atoms with Crippen molar-refractivity contribution in [1.82, 2.24) is 9.88 Å². The number of carbonyl (C=O) groups is 1. The summed E-state index contributed by atoms with van der Waals surface area (Å²) in [5.41, 5.74) is 1.06. The summed E-state index contributed by atoms with van der Waals surface area (Å²) in [4.78, 5) is 17.9. The van der Waals surface area contributed by atoms with Crippen LogP contribution in [-0.2, 0) is 6.54 Å². The third-order valence-electron chi connectivity index (χ3n) is 2.65. The van der Waals surface area contributed by atoms with Crippen LogP contribution in [0.25, 0.3) is 0 Å². The number of phenolic OH excluding ortho intramolecular Hbond substituents is 1. The van der Waals surface area contributed by atoms with Crippen molar-refractivity contribution >= 4 is 17.5 Å². The molecule has 0 aliphatic rings. The summed E-state index contributed by atoms with van der Waals surface area (Å²) in [5, 5.41) is 9.73. The standard InChI is InChI=1S/C14H13ClN2O2/c1-17(9-10-4-2-3-7-16-10)14(19)12-8-11(18)5-6-13(12)15/h2-8,18H,9H2,1H3. The maximum atomic E-state index is 12.2. The molecule has 0 atom stereocenters. The lowest BCUT2D eigenvalue weighted by Gasteiger charge is -2.17. The van der Waals surface area contributed by atoms with Crippen LogP contribution in [0.5, 0.6) is 5.75 Å². The first-order chi connectivity index (χ1) is 9.08. The number of aromatic nitrogens is 1. The largest absolute Gasteiger partial charge is 0.508 e. The van der Waals surface area contributed by atoms with Crippen LogP contribution in [0, 0.1) is 0 Å². The summed E-state index contributed by atoms with van der Waals surface area (Å²) < 4.78 is 0. The zero-order valence-electron chi connectivity index (χ0n) is 10.4. The molecule has 1 amide bonds. The molecule has 5 heteroatoms. The molecular weight excluding hydrogens is 264 g/mol. The van der Waals surface area contributed by atoms with Crippen LogP contribution in [0.4, 0.5) is 0 Å². The van der Waals surface area contributed by atoms with Crippen LogP contribution in [0.1, 0.15) is 16.1 Å². The lowest BCUT2D eigenvalue weighted by molar-refractivity contribution is 0.0783. The van der Waals surface area contributed by atoms with Gasteiger partial charge in [-0.25, -0.2) is 0 Å². The molecule has 0 aliphatic carbocycles. The van der Waals surface area contributed by atoms with Gasteiger partial charge in [-0.15, -0.1) is 0 Å². The van der Waals surface area contributed by atoms with Gasteiger partial charge in [0.15, 0.2) is 0 Å². The maximum Gasteiger partial charge on any atom is 0.255 e. The molecule has 0 fully saturated rings.